The molecule has 1 saturated heterocycles. The Bertz CT molecular complexity index is 286. The molecule has 0 aliphatic carbocycles. The Balaban J connectivity index is 0.00000172. The van der Waals surface area contributed by atoms with Crippen molar-refractivity contribution in [2.45, 2.75) is 53.9 Å². The Morgan fingerprint density at radius 2 is 0.850 bits per heavy atom. The van der Waals surface area contributed by atoms with E-state index in [0.717, 1.165) is 0 Å². The van der Waals surface area contributed by atoms with Crippen LogP contribution in [-0.4, -0.2) is 52.4 Å². The zero-order chi connectivity index (χ0) is 15.7. The third-order valence-electron chi connectivity index (χ3n) is 2.99. The third kappa shape index (κ3) is 4.83. The highest BCUT2D eigenvalue weighted by Crippen LogP contribution is 2.11. The highest BCUT2D eigenvalue weighted by molar-refractivity contribution is 5.81. The van der Waals surface area contributed by atoms with Gasteiger partial charge in [-0.15, -0.1) is 0 Å². The molecule has 0 aromatic carbocycles. The van der Waals surface area contributed by atoms with Crippen molar-refractivity contribution in [1.82, 2.24) is 14.7 Å². The van der Waals surface area contributed by atoms with Crippen molar-refractivity contribution < 1.29 is 14.4 Å². The van der Waals surface area contributed by atoms with E-state index >= 15 is 0 Å². The summed E-state index contributed by atoms with van der Waals surface area (Å²) < 4.78 is 0. The molecular weight excluding hydrogens is 258 g/mol. The quantitative estimate of drug-likeness (QED) is 0.791. The summed E-state index contributed by atoms with van der Waals surface area (Å²) in [6, 6.07) is 0. The largest absolute Gasteiger partial charge is 0.307 e. The number of nitrogens with zero attached hydrogens (tertiary/aromatic N) is 3. The van der Waals surface area contributed by atoms with Crippen molar-refractivity contribution in [3.63, 3.8) is 0 Å². The van der Waals surface area contributed by atoms with Gasteiger partial charge < -0.3 is 14.7 Å². The monoisotopic (exact) mass is 285 g/mol. The SMILES string of the molecule is CC.CCC(=O)N1CN(C(=O)CC)CN(C(=O)CC)C1. The van der Waals surface area contributed by atoms with E-state index in [0.29, 0.717) is 19.3 Å². The first-order chi connectivity index (χ1) is 9.53. The summed E-state index contributed by atoms with van der Waals surface area (Å²) in [5.74, 6) is -0.132. The van der Waals surface area contributed by atoms with Crippen molar-refractivity contribution in [1.29, 1.82) is 0 Å². The average Bonchev–Trinajstić information content (AvgIpc) is 2.53. The first-order valence-electron chi connectivity index (χ1n) is 7.36. The van der Waals surface area contributed by atoms with Crippen molar-refractivity contribution in [2.24, 2.45) is 0 Å². The maximum absolute atomic E-state index is 11.7. The van der Waals surface area contributed by atoms with Gasteiger partial charge >= 0.3 is 0 Å². The predicted octanol–water partition coefficient (Wildman–Crippen LogP) is 1.61. The van der Waals surface area contributed by atoms with E-state index < -0.39 is 0 Å². The van der Waals surface area contributed by atoms with E-state index in [2.05, 4.69) is 0 Å². The van der Waals surface area contributed by atoms with Gasteiger partial charge in [-0.1, -0.05) is 34.6 Å². The molecule has 0 spiro atoms. The molecule has 0 aromatic rings. The van der Waals surface area contributed by atoms with Crippen molar-refractivity contribution in [3.8, 4) is 0 Å². The Morgan fingerprint density at radius 3 is 1.00 bits per heavy atom. The van der Waals surface area contributed by atoms with Crippen LogP contribution in [-0.2, 0) is 14.4 Å². The van der Waals surface area contributed by atoms with Crippen LogP contribution in [0, 0.1) is 0 Å². The molecule has 0 aromatic heterocycles. The summed E-state index contributed by atoms with van der Waals surface area (Å²) in [6.45, 7) is 10.2. The molecule has 6 heteroatoms. The smallest absolute Gasteiger partial charge is 0.225 e. The first kappa shape index (κ1) is 18.4. The fourth-order valence-corrected chi connectivity index (χ4v) is 1.90. The zero-order valence-electron chi connectivity index (χ0n) is 13.3. The molecule has 0 atom stereocenters. The van der Waals surface area contributed by atoms with Crippen LogP contribution in [0.5, 0.6) is 0 Å². The number of amides is 3. The van der Waals surface area contributed by atoms with Crippen LogP contribution in [0.25, 0.3) is 0 Å². The fraction of sp³-hybridized carbons (Fsp3) is 0.786. The van der Waals surface area contributed by atoms with E-state index in [9.17, 15) is 14.4 Å². The Morgan fingerprint density at radius 1 is 0.650 bits per heavy atom. The molecule has 1 rings (SSSR count). The lowest BCUT2D eigenvalue weighted by atomic mass is 10.3. The molecule has 0 unspecified atom stereocenters. The molecule has 20 heavy (non-hydrogen) atoms. The molecule has 1 heterocycles. The maximum atomic E-state index is 11.7. The summed E-state index contributed by atoms with van der Waals surface area (Å²) in [7, 11) is 0. The zero-order valence-corrected chi connectivity index (χ0v) is 13.3. The lowest BCUT2D eigenvalue weighted by Crippen LogP contribution is -2.59. The lowest BCUT2D eigenvalue weighted by Gasteiger charge is -2.42. The van der Waals surface area contributed by atoms with Crippen LogP contribution < -0.4 is 0 Å². The van der Waals surface area contributed by atoms with Gasteiger partial charge in [0, 0.05) is 19.3 Å². The van der Waals surface area contributed by atoms with Gasteiger partial charge in [-0.05, 0) is 0 Å². The van der Waals surface area contributed by atoms with E-state index in [-0.39, 0.29) is 37.7 Å². The van der Waals surface area contributed by atoms with Gasteiger partial charge in [0.15, 0.2) is 0 Å². The molecule has 116 valence electrons. The minimum atomic E-state index is -0.0440. The Kier molecular flexibility index (Phi) is 8.59. The van der Waals surface area contributed by atoms with Gasteiger partial charge in [0.05, 0.1) is 20.0 Å². The molecule has 1 aliphatic rings. The average molecular weight is 285 g/mol. The van der Waals surface area contributed by atoms with Crippen LogP contribution in [0.15, 0.2) is 0 Å². The molecule has 0 bridgehead atoms. The predicted molar refractivity (Wildman–Crippen MR) is 77.4 cm³/mol. The third-order valence-corrected chi connectivity index (χ3v) is 2.99. The second kappa shape index (κ2) is 9.34. The highest BCUT2D eigenvalue weighted by Gasteiger charge is 2.29. The molecule has 0 saturated carbocycles. The molecule has 1 aliphatic heterocycles. The summed E-state index contributed by atoms with van der Waals surface area (Å²) >= 11 is 0. The molecule has 0 N–H and O–H groups in total. The lowest BCUT2D eigenvalue weighted by molar-refractivity contribution is -0.158. The van der Waals surface area contributed by atoms with Crippen LogP contribution in [0.2, 0.25) is 0 Å². The normalized spacial score (nSPS) is 14.6. The standard InChI is InChI=1S/C12H21N3O3.C2H6/c1-4-10(16)13-7-14(11(17)5-2)9-15(8-13)12(18)6-3;1-2/h4-9H2,1-3H3;1-2H3. The van der Waals surface area contributed by atoms with E-state index in [4.69, 9.17) is 0 Å². The minimum Gasteiger partial charge on any atom is -0.307 e. The van der Waals surface area contributed by atoms with E-state index in [1.807, 2.05) is 13.8 Å². The number of rotatable bonds is 3. The minimum absolute atomic E-state index is 0.0440. The first-order valence-corrected chi connectivity index (χ1v) is 7.36. The molecule has 3 amide bonds. The summed E-state index contributed by atoms with van der Waals surface area (Å²) in [4.78, 5) is 39.8. The molecular formula is C14H27N3O3. The van der Waals surface area contributed by atoms with Gasteiger partial charge in [-0.3, -0.25) is 14.4 Å². The second-order valence-electron chi connectivity index (χ2n) is 4.29. The second-order valence-corrected chi connectivity index (χ2v) is 4.29. The van der Waals surface area contributed by atoms with E-state index in [1.54, 1.807) is 35.5 Å². The number of hydrogen-bond donors (Lipinski definition) is 0. The van der Waals surface area contributed by atoms with Gasteiger partial charge in [-0.2, -0.15) is 0 Å². The van der Waals surface area contributed by atoms with Gasteiger partial charge in [-0.25, -0.2) is 0 Å². The molecule has 1 fully saturated rings. The van der Waals surface area contributed by atoms with Crippen LogP contribution in [0.3, 0.4) is 0 Å². The van der Waals surface area contributed by atoms with Gasteiger partial charge in [0.2, 0.25) is 17.7 Å². The number of hydrogen-bond acceptors (Lipinski definition) is 3. The van der Waals surface area contributed by atoms with E-state index in [1.165, 1.54) is 0 Å². The number of carbonyl (C=O) groups is 3. The number of carbonyl (C=O) groups excluding carboxylic acids is 3. The molecule has 6 nitrogen and oxygen atoms in total. The maximum Gasteiger partial charge on any atom is 0.225 e. The summed E-state index contributed by atoms with van der Waals surface area (Å²) in [5.41, 5.74) is 0. The van der Waals surface area contributed by atoms with Crippen molar-refractivity contribution in [2.75, 3.05) is 20.0 Å². The van der Waals surface area contributed by atoms with Crippen LogP contribution >= 0.6 is 0 Å². The Labute approximate surface area is 121 Å². The van der Waals surface area contributed by atoms with Gasteiger partial charge in [0.1, 0.15) is 0 Å². The van der Waals surface area contributed by atoms with Crippen molar-refractivity contribution in [3.05, 3.63) is 0 Å². The summed E-state index contributed by atoms with van der Waals surface area (Å²) in [5, 5.41) is 0. The van der Waals surface area contributed by atoms with Gasteiger partial charge in [0.25, 0.3) is 0 Å². The van der Waals surface area contributed by atoms with Crippen LogP contribution in [0.4, 0.5) is 0 Å². The summed E-state index contributed by atoms with van der Waals surface area (Å²) in [6.07, 6.45) is 1.13. The van der Waals surface area contributed by atoms with Crippen LogP contribution in [0.1, 0.15) is 53.9 Å². The topological polar surface area (TPSA) is 60.9 Å². The highest BCUT2D eigenvalue weighted by atomic mass is 16.2. The van der Waals surface area contributed by atoms with Crippen molar-refractivity contribution >= 4 is 17.7 Å². The fourth-order valence-electron chi connectivity index (χ4n) is 1.90. The Hall–Kier alpha value is -1.59. The molecule has 0 radical (unpaired) electrons.